The Morgan fingerprint density at radius 3 is 3.12 bits per heavy atom. The molecule has 88 valence electrons. The standard InChI is InChI=1S/C12H19N3S/c1-3-16-11-6-4-5-10(11)15-12-13-8-7-9(2)14-12/h7-8,10-11H,3-6H2,1-2H3,(H,13,14,15). The molecule has 1 saturated carbocycles. The van der Waals surface area contributed by atoms with Crippen molar-refractivity contribution >= 4 is 17.7 Å². The molecule has 2 unspecified atom stereocenters. The van der Waals surface area contributed by atoms with Crippen molar-refractivity contribution in [3.8, 4) is 0 Å². The van der Waals surface area contributed by atoms with Gasteiger partial charge >= 0.3 is 0 Å². The number of hydrogen-bond acceptors (Lipinski definition) is 4. The van der Waals surface area contributed by atoms with Crippen LogP contribution in [0.4, 0.5) is 5.95 Å². The Balaban J connectivity index is 1.98. The van der Waals surface area contributed by atoms with Crippen LogP contribution in [0.15, 0.2) is 12.3 Å². The lowest BCUT2D eigenvalue weighted by Gasteiger charge is -2.20. The van der Waals surface area contributed by atoms with Crippen molar-refractivity contribution < 1.29 is 0 Å². The van der Waals surface area contributed by atoms with E-state index in [2.05, 4.69) is 34.0 Å². The first kappa shape index (κ1) is 11.7. The second-order valence-corrected chi connectivity index (χ2v) is 5.71. The van der Waals surface area contributed by atoms with E-state index >= 15 is 0 Å². The summed E-state index contributed by atoms with van der Waals surface area (Å²) in [5, 5.41) is 4.20. The van der Waals surface area contributed by atoms with Crippen molar-refractivity contribution in [2.24, 2.45) is 0 Å². The fraction of sp³-hybridized carbons (Fsp3) is 0.667. The Hall–Kier alpha value is -0.770. The van der Waals surface area contributed by atoms with Crippen LogP contribution in [0.5, 0.6) is 0 Å². The van der Waals surface area contributed by atoms with Crippen LogP contribution >= 0.6 is 11.8 Å². The van der Waals surface area contributed by atoms with Crippen LogP contribution in [0.3, 0.4) is 0 Å². The minimum atomic E-state index is 0.548. The zero-order chi connectivity index (χ0) is 11.4. The SMILES string of the molecule is CCSC1CCCC1Nc1nccc(C)n1. The molecular formula is C12H19N3S. The first-order chi connectivity index (χ1) is 7.79. The minimum Gasteiger partial charge on any atom is -0.350 e. The Morgan fingerprint density at radius 1 is 1.50 bits per heavy atom. The molecule has 1 heterocycles. The van der Waals surface area contributed by atoms with E-state index in [1.807, 2.05) is 19.2 Å². The minimum absolute atomic E-state index is 0.548. The number of rotatable bonds is 4. The second kappa shape index (κ2) is 5.53. The summed E-state index contributed by atoms with van der Waals surface area (Å²) in [4.78, 5) is 8.67. The molecule has 1 aliphatic carbocycles. The molecule has 1 N–H and O–H groups in total. The smallest absolute Gasteiger partial charge is 0.223 e. The van der Waals surface area contributed by atoms with Crippen LogP contribution in [0.1, 0.15) is 31.9 Å². The molecule has 1 aromatic heterocycles. The summed E-state index contributed by atoms with van der Waals surface area (Å²) in [6.45, 7) is 4.23. The number of aryl methyl sites for hydroxylation is 1. The normalized spacial score (nSPS) is 24.6. The van der Waals surface area contributed by atoms with Gasteiger partial charge in [-0.15, -0.1) is 0 Å². The number of thioether (sulfide) groups is 1. The van der Waals surface area contributed by atoms with Gasteiger partial charge in [-0.1, -0.05) is 13.3 Å². The third-order valence-corrected chi connectivity index (χ3v) is 4.27. The third kappa shape index (κ3) is 2.88. The summed E-state index contributed by atoms with van der Waals surface area (Å²) < 4.78 is 0. The fourth-order valence-electron chi connectivity index (χ4n) is 2.19. The molecular weight excluding hydrogens is 218 g/mol. The molecule has 2 atom stereocenters. The van der Waals surface area contributed by atoms with E-state index < -0.39 is 0 Å². The van der Waals surface area contributed by atoms with Gasteiger partial charge in [0.25, 0.3) is 0 Å². The highest BCUT2D eigenvalue weighted by Crippen LogP contribution is 2.31. The maximum absolute atomic E-state index is 4.40. The molecule has 2 rings (SSSR count). The number of nitrogens with zero attached hydrogens (tertiary/aromatic N) is 2. The van der Waals surface area contributed by atoms with E-state index in [0.717, 1.165) is 16.9 Å². The molecule has 0 radical (unpaired) electrons. The largest absolute Gasteiger partial charge is 0.350 e. The monoisotopic (exact) mass is 237 g/mol. The van der Waals surface area contributed by atoms with Crippen molar-refractivity contribution in [3.05, 3.63) is 18.0 Å². The Bertz CT molecular complexity index is 343. The molecule has 1 fully saturated rings. The van der Waals surface area contributed by atoms with Gasteiger partial charge in [-0.05, 0) is 31.6 Å². The first-order valence-electron chi connectivity index (χ1n) is 5.97. The van der Waals surface area contributed by atoms with E-state index in [9.17, 15) is 0 Å². The third-order valence-electron chi connectivity index (χ3n) is 2.94. The predicted octanol–water partition coefficient (Wildman–Crippen LogP) is 2.87. The average molecular weight is 237 g/mol. The maximum atomic E-state index is 4.40. The summed E-state index contributed by atoms with van der Waals surface area (Å²) in [5.74, 6) is 1.98. The van der Waals surface area contributed by atoms with Crippen molar-refractivity contribution in [1.29, 1.82) is 0 Å². The van der Waals surface area contributed by atoms with Crippen LogP contribution in [0, 0.1) is 6.92 Å². The van der Waals surface area contributed by atoms with Crippen LogP contribution in [0.2, 0.25) is 0 Å². The van der Waals surface area contributed by atoms with Gasteiger partial charge in [-0.3, -0.25) is 0 Å². The second-order valence-electron chi connectivity index (χ2n) is 4.20. The highest BCUT2D eigenvalue weighted by molar-refractivity contribution is 7.99. The van der Waals surface area contributed by atoms with E-state index in [0.29, 0.717) is 6.04 Å². The maximum Gasteiger partial charge on any atom is 0.223 e. The highest BCUT2D eigenvalue weighted by atomic mass is 32.2. The lowest BCUT2D eigenvalue weighted by atomic mass is 10.2. The van der Waals surface area contributed by atoms with Crippen LogP contribution in [0.25, 0.3) is 0 Å². The Labute approximate surface area is 101 Å². The van der Waals surface area contributed by atoms with Gasteiger partial charge in [0.05, 0.1) is 0 Å². The Morgan fingerprint density at radius 2 is 2.38 bits per heavy atom. The average Bonchev–Trinajstić information content (AvgIpc) is 2.66. The highest BCUT2D eigenvalue weighted by Gasteiger charge is 2.27. The number of anilines is 1. The van der Waals surface area contributed by atoms with Gasteiger partial charge in [-0.2, -0.15) is 11.8 Å². The van der Waals surface area contributed by atoms with Crippen molar-refractivity contribution in [2.45, 2.75) is 44.4 Å². The Kier molecular flexibility index (Phi) is 4.04. The van der Waals surface area contributed by atoms with Gasteiger partial charge in [-0.25, -0.2) is 9.97 Å². The summed E-state index contributed by atoms with van der Waals surface area (Å²) in [7, 11) is 0. The van der Waals surface area contributed by atoms with Crippen LogP contribution < -0.4 is 5.32 Å². The molecule has 1 aromatic rings. The zero-order valence-corrected chi connectivity index (χ0v) is 10.8. The van der Waals surface area contributed by atoms with Gasteiger partial charge in [0, 0.05) is 23.2 Å². The first-order valence-corrected chi connectivity index (χ1v) is 7.02. The summed E-state index contributed by atoms with van der Waals surface area (Å²) in [5.41, 5.74) is 1.02. The fourth-order valence-corrected chi connectivity index (χ4v) is 3.39. The number of aromatic nitrogens is 2. The summed E-state index contributed by atoms with van der Waals surface area (Å²) in [6, 6.07) is 2.48. The lowest BCUT2D eigenvalue weighted by molar-refractivity contribution is 0.754. The van der Waals surface area contributed by atoms with Crippen molar-refractivity contribution in [3.63, 3.8) is 0 Å². The van der Waals surface area contributed by atoms with Crippen molar-refractivity contribution in [2.75, 3.05) is 11.1 Å². The van der Waals surface area contributed by atoms with E-state index in [1.165, 1.54) is 25.0 Å². The number of hydrogen-bond donors (Lipinski definition) is 1. The zero-order valence-electron chi connectivity index (χ0n) is 9.94. The predicted molar refractivity (Wildman–Crippen MR) is 70.0 cm³/mol. The lowest BCUT2D eigenvalue weighted by Crippen LogP contribution is -2.27. The molecule has 0 amide bonds. The molecule has 16 heavy (non-hydrogen) atoms. The molecule has 0 bridgehead atoms. The van der Waals surface area contributed by atoms with Crippen LogP contribution in [-0.2, 0) is 0 Å². The van der Waals surface area contributed by atoms with Gasteiger partial charge in [0.1, 0.15) is 0 Å². The topological polar surface area (TPSA) is 37.8 Å². The van der Waals surface area contributed by atoms with E-state index in [4.69, 9.17) is 0 Å². The van der Waals surface area contributed by atoms with Gasteiger partial charge in [0.15, 0.2) is 0 Å². The molecule has 0 aliphatic heterocycles. The summed E-state index contributed by atoms with van der Waals surface area (Å²) in [6.07, 6.45) is 5.71. The van der Waals surface area contributed by atoms with E-state index in [1.54, 1.807) is 0 Å². The van der Waals surface area contributed by atoms with E-state index in [-0.39, 0.29) is 0 Å². The molecule has 0 aromatic carbocycles. The summed E-state index contributed by atoms with van der Waals surface area (Å²) >= 11 is 2.05. The molecule has 0 saturated heterocycles. The molecule has 0 spiro atoms. The quantitative estimate of drug-likeness (QED) is 0.874. The molecule has 1 aliphatic rings. The number of nitrogens with one attached hydrogen (secondary N) is 1. The van der Waals surface area contributed by atoms with Crippen molar-refractivity contribution in [1.82, 2.24) is 9.97 Å². The molecule has 3 nitrogen and oxygen atoms in total. The van der Waals surface area contributed by atoms with Gasteiger partial charge < -0.3 is 5.32 Å². The van der Waals surface area contributed by atoms with Crippen LogP contribution in [-0.4, -0.2) is 27.0 Å². The van der Waals surface area contributed by atoms with Gasteiger partial charge in [0.2, 0.25) is 5.95 Å². The molecule has 4 heteroatoms.